The molecule has 0 fully saturated rings. The van der Waals surface area contributed by atoms with Crippen molar-refractivity contribution in [2.24, 2.45) is 12.2 Å². The van der Waals surface area contributed by atoms with E-state index in [2.05, 4.69) is 20.6 Å². The normalized spacial score (nSPS) is 12.0. The molecule has 0 saturated heterocycles. The lowest BCUT2D eigenvalue weighted by atomic mass is 10.1. The van der Waals surface area contributed by atoms with Crippen LogP contribution >= 0.6 is 11.3 Å². The van der Waals surface area contributed by atoms with Crippen LogP contribution in [0, 0.1) is 0 Å². The lowest BCUT2D eigenvalue weighted by Crippen LogP contribution is -2.24. The van der Waals surface area contributed by atoms with Gasteiger partial charge in [0.15, 0.2) is 27.3 Å². The molecule has 0 aliphatic carbocycles. The minimum atomic E-state index is -3.48. The van der Waals surface area contributed by atoms with Gasteiger partial charge in [-0.2, -0.15) is 5.10 Å². The van der Waals surface area contributed by atoms with Crippen molar-refractivity contribution in [3.8, 4) is 0 Å². The number of carbonyl (C=O) groups excluding carboxylic acids is 1. The van der Waals surface area contributed by atoms with E-state index in [1.807, 2.05) is 0 Å². The molecule has 1 N–H and O–H groups in total. The number of aryl methyl sites for hydroxylation is 1. The predicted molar refractivity (Wildman–Crippen MR) is 131 cm³/mol. The molecule has 11 nitrogen and oxygen atoms in total. The average molecular weight is 522 g/mol. The second-order valence-electron chi connectivity index (χ2n) is 7.40. The Morgan fingerprint density at radius 3 is 2.57 bits per heavy atom. The van der Waals surface area contributed by atoms with Crippen molar-refractivity contribution in [1.29, 1.82) is 0 Å². The molecule has 0 unspecified atom stereocenters. The van der Waals surface area contributed by atoms with E-state index in [4.69, 9.17) is 14.3 Å². The van der Waals surface area contributed by atoms with Crippen LogP contribution in [0.5, 0.6) is 0 Å². The molecule has 13 heteroatoms. The molecule has 35 heavy (non-hydrogen) atoms. The molecular weight excluding hydrogens is 494 g/mol. The minimum Gasteiger partial charge on any atom is -0.389 e. The SMILES string of the molecule is COCCCS(=O)(=O)c1ccc(C(=NOCc2ccn(C)n2)C(=O)Nc2ncc(COC)s2)cc1. The predicted octanol–water partition coefficient (Wildman–Crippen LogP) is 2.39. The first-order chi connectivity index (χ1) is 16.8. The molecule has 2 heterocycles. The van der Waals surface area contributed by atoms with Crippen molar-refractivity contribution in [2.75, 3.05) is 31.9 Å². The van der Waals surface area contributed by atoms with Gasteiger partial charge >= 0.3 is 0 Å². The molecule has 0 aliphatic heterocycles. The smallest absolute Gasteiger partial charge is 0.280 e. The van der Waals surface area contributed by atoms with Gasteiger partial charge in [0.1, 0.15) is 5.69 Å². The second-order valence-corrected chi connectivity index (χ2v) is 10.6. The van der Waals surface area contributed by atoms with Crippen LogP contribution in [0.3, 0.4) is 0 Å². The van der Waals surface area contributed by atoms with Crippen molar-refractivity contribution in [3.63, 3.8) is 0 Å². The molecule has 0 saturated carbocycles. The highest BCUT2D eigenvalue weighted by Gasteiger charge is 2.20. The maximum absolute atomic E-state index is 13.0. The third-order valence-corrected chi connectivity index (χ3v) is 7.36. The first kappa shape index (κ1) is 26.5. The highest BCUT2D eigenvalue weighted by atomic mass is 32.2. The molecule has 0 atom stereocenters. The number of amides is 1. The number of benzene rings is 1. The standard InChI is InChI=1S/C22H27N5O6S2/c1-27-10-9-17(25-27)14-33-26-20(21(28)24-22-23-13-18(34-22)15-32-3)16-5-7-19(8-6-16)35(29,30)12-4-11-31-2/h5-10,13H,4,11-12,14-15H2,1-3H3,(H,23,24,28). The molecule has 0 bridgehead atoms. The van der Waals surface area contributed by atoms with Crippen LogP contribution in [0.2, 0.25) is 0 Å². The number of oxime groups is 1. The first-order valence-electron chi connectivity index (χ1n) is 10.6. The lowest BCUT2D eigenvalue weighted by Gasteiger charge is -2.09. The molecule has 3 rings (SSSR count). The summed E-state index contributed by atoms with van der Waals surface area (Å²) in [4.78, 5) is 23.6. The number of nitrogens with zero attached hydrogens (tertiary/aromatic N) is 4. The fourth-order valence-corrected chi connectivity index (χ4v) is 5.05. The summed E-state index contributed by atoms with van der Waals surface area (Å²) in [5.74, 6) is -0.595. The van der Waals surface area contributed by atoms with Gasteiger partial charge in [0.05, 0.1) is 22.1 Å². The van der Waals surface area contributed by atoms with E-state index in [0.717, 1.165) is 4.88 Å². The molecule has 0 spiro atoms. The van der Waals surface area contributed by atoms with Crippen LogP contribution in [0.4, 0.5) is 5.13 Å². The Bertz CT molecular complexity index is 1250. The molecule has 3 aromatic rings. The summed E-state index contributed by atoms with van der Waals surface area (Å²) in [6.45, 7) is 0.783. The number of nitrogens with one attached hydrogen (secondary N) is 1. The summed E-state index contributed by atoms with van der Waals surface area (Å²) in [6.07, 6.45) is 3.76. The monoisotopic (exact) mass is 521 g/mol. The van der Waals surface area contributed by atoms with Gasteiger partial charge in [0, 0.05) is 45.8 Å². The van der Waals surface area contributed by atoms with Crippen molar-refractivity contribution in [3.05, 3.63) is 58.9 Å². The largest absolute Gasteiger partial charge is 0.389 e. The van der Waals surface area contributed by atoms with Crippen LogP contribution in [-0.4, -0.2) is 61.4 Å². The number of ether oxygens (including phenoxy) is 2. The highest BCUT2D eigenvalue weighted by Crippen LogP contribution is 2.20. The highest BCUT2D eigenvalue weighted by molar-refractivity contribution is 7.91. The van der Waals surface area contributed by atoms with E-state index in [1.165, 1.54) is 42.7 Å². The van der Waals surface area contributed by atoms with Crippen molar-refractivity contribution < 1.29 is 27.5 Å². The number of anilines is 1. The van der Waals surface area contributed by atoms with Crippen LogP contribution in [0.25, 0.3) is 0 Å². The summed E-state index contributed by atoms with van der Waals surface area (Å²) in [5, 5.41) is 11.3. The van der Waals surface area contributed by atoms with Gasteiger partial charge in [0.25, 0.3) is 5.91 Å². The van der Waals surface area contributed by atoms with E-state index in [9.17, 15) is 13.2 Å². The zero-order chi connectivity index (χ0) is 25.3. The van der Waals surface area contributed by atoms with Gasteiger partial charge in [-0.05, 0) is 24.6 Å². The van der Waals surface area contributed by atoms with Gasteiger partial charge in [-0.15, -0.1) is 0 Å². The Morgan fingerprint density at radius 1 is 1.14 bits per heavy atom. The van der Waals surface area contributed by atoms with E-state index in [-0.39, 0.29) is 23.0 Å². The first-order valence-corrected chi connectivity index (χ1v) is 13.0. The van der Waals surface area contributed by atoms with E-state index in [0.29, 0.717) is 36.0 Å². The Morgan fingerprint density at radius 2 is 1.91 bits per heavy atom. The molecule has 188 valence electrons. The van der Waals surface area contributed by atoms with Gasteiger partial charge in [-0.3, -0.25) is 14.8 Å². The zero-order valence-corrected chi connectivity index (χ0v) is 21.3. The fourth-order valence-electron chi connectivity index (χ4n) is 2.99. The molecular formula is C22H27N5O6S2. The quantitative estimate of drug-likeness (QED) is 0.206. The number of rotatable bonds is 13. The Kier molecular flexibility index (Phi) is 9.48. The van der Waals surface area contributed by atoms with Gasteiger partial charge < -0.3 is 14.3 Å². The zero-order valence-electron chi connectivity index (χ0n) is 19.6. The number of sulfone groups is 1. The molecule has 0 aliphatic rings. The number of hydrogen-bond acceptors (Lipinski definition) is 10. The van der Waals surface area contributed by atoms with E-state index in [1.54, 1.807) is 37.3 Å². The Hall–Kier alpha value is -3.13. The van der Waals surface area contributed by atoms with Crippen LogP contribution in [-0.2, 0) is 49.2 Å². The maximum atomic E-state index is 13.0. The number of methoxy groups -OCH3 is 2. The summed E-state index contributed by atoms with van der Waals surface area (Å²) < 4.78 is 36.7. The molecule has 0 radical (unpaired) electrons. The fraction of sp³-hybridized carbons (Fsp3) is 0.364. The average Bonchev–Trinajstić information content (AvgIpc) is 3.45. The van der Waals surface area contributed by atoms with Gasteiger partial charge in [0.2, 0.25) is 0 Å². The Labute approximate surface area is 207 Å². The maximum Gasteiger partial charge on any atom is 0.280 e. The van der Waals surface area contributed by atoms with Crippen LogP contribution in [0.15, 0.2) is 52.8 Å². The van der Waals surface area contributed by atoms with Crippen LogP contribution < -0.4 is 5.32 Å². The number of thiazole rings is 1. The number of hydrogen-bond donors (Lipinski definition) is 1. The molecule has 2 aromatic heterocycles. The topological polar surface area (TPSA) is 134 Å². The summed E-state index contributed by atoms with van der Waals surface area (Å²) in [5.41, 5.74) is 0.985. The summed E-state index contributed by atoms with van der Waals surface area (Å²) >= 11 is 1.27. The van der Waals surface area contributed by atoms with Crippen LogP contribution in [0.1, 0.15) is 22.6 Å². The minimum absolute atomic E-state index is 0.0345. The third kappa shape index (κ3) is 7.68. The molecule has 1 amide bonds. The molecule has 1 aromatic carbocycles. The third-order valence-electron chi connectivity index (χ3n) is 4.66. The summed E-state index contributed by atoms with van der Waals surface area (Å²) in [7, 11) is 1.39. The summed E-state index contributed by atoms with van der Waals surface area (Å²) in [6, 6.07) is 7.69. The number of carbonyl (C=O) groups is 1. The van der Waals surface area contributed by atoms with E-state index >= 15 is 0 Å². The van der Waals surface area contributed by atoms with Crippen molar-refractivity contribution in [1.82, 2.24) is 14.8 Å². The Balaban J connectivity index is 1.80. The van der Waals surface area contributed by atoms with Gasteiger partial charge in [-0.25, -0.2) is 13.4 Å². The number of aromatic nitrogens is 3. The van der Waals surface area contributed by atoms with Crippen molar-refractivity contribution >= 4 is 37.9 Å². The van der Waals surface area contributed by atoms with Crippen molar-refractivity contribution in [2.45, 2.75) is 24.5 Å². The van der Waals surface area contributed by atoms with E-state index < -0.39 is 15.7 Å². The lowest BCUT2D eigenvalue weighted by molar-refractivity contribution is -0.110. The second kappa shape index (κ2) is 12.5. The van der Waals surface area contributed by atoms with Gasteiger partial charge in [-0.1, -0.05) is 28.6 Å².